The Balaban J connectivity index is 1.51. The van der Waals surface area contributed by atoms with Gasteiger partial charge in [0.2, 0.25) is 5.91 Å². The number of methoxy groups -OCH3 is 1. The van der Waals surface area contributed by atoms with Crippen molar-refractivity contribution in [3.63, 3.8) is 0 Å². The summed E-state index contributed by atoms with van der Waals surface area (Å²) < 4.78 is 4.63. The first-order chi connectivity index (χ1) is 14.0. The average Bonchev–Trinajstić information content (AvgIpc) is 3.15. The van der Waals surface area contributed by atoms with Crippen molar-refractivity contribution in [1.82, 2.24) is 4.98 Å². The van der Waals surface area contributed by atoms with Gasteiger partial charge in [0.25, 0.3) is 0 Å². The van der Waals surface area contributed by atoms with Gasteiger partial charge in [0.1, 0.15) is 0 Å². The largest absolute Gasteiger partial charge is 0.465 e. The van der Waals surface area contributed by atoms with Crippen molar-refractivity contribution in [3.8, 4) is 0 Å². The number of para-hydroxylation sites is 1. The van der Waals surface area contributed by atoms with Crippen molar-refractivity contribution in [2.45, 2.75) is 6.42 Å². The number of amides is 3. The number of hydrogen-bond acceptors (Lipinski definition) is 6. The van der Waals surface area contributed by atoms with Crippen molar-refractivity contribution in [2.24, 2.45) is 0 Å². The number of urea groups is 1. The van der Waals surface area contributed by atoms with E-state index in [1.54, 1.807) is 41.8 Å². The molecular formula is C20H18N4O4S. The van der Waals surface area contributed by atoms with E-state index in [1.165, 1.54) is 18.4 Å². The number of hydrogen-bond donors (Lipinski definition) is 3. The topological polar surface area (TPSA) is 109 Å². The fraction of sp³-hybridized carbons (Fsp3) is 0.100. The number of esters is 1. The highest BCUT2D eigenvalue weighted by Gasteiger charge is 2.11. The Hall–Kier alpha value is -3.72. The molecule has 1 heterocycles. The van der Waals surface area contributed by atoms with E-state index in [9.17, 15) is 14.4 Å². The highest BCUT2D eigenvalue weighted by atomic mass is 32.1. The molecule has 0 unspecified atom stereocenters. The van der Waals surface area contributed by atoms with E-state index in [1.807, 2.05) is 18.2 Å². The summed E-state index contributed by atoms with van der Waals surface area (Å²) in [6.07, 6.45) is 0.0528. The van der Waals surface area contributed by atoms with Gasteiger partial charge in [0.05, 0.1) is 24.8 Å². The zero-order valence-corrected chi connectivity index (χ0v) is 16.3. The molecule has 3 N–H and O–H groups in total. The minimum Gasteiger partial charge on any atom is -0.465 e. The first-order valence-corrected chi connectivity index (χ1v) is 9.47. The van der Waals surface area contributed by atoms with Crippen LogP contribution >= 0.6 is 11.3 Å². The highest BCUT2D eigenvalue weighted by Crippen LogP contribution is 2.17. The van der Waals surface area contributed by atoms with Gasteiger partial charge in [-0.05, 0) is 36.4 Å². The fourth-order valence-corrected chi connectivity index (χ4v) is 3.11. The number of rotatable bonds is 6. The molecule has 3 amide bonds. The van der Waals surface area contributed by atoms with Gasteiger partial charge in [-0.3, -0.25) is 10.1 Å². The second-order valence-corrected chi connectivity index (χ2v) is 6.74. The van der Waals surface area contributed by atoms with Crippen LogP contribution in [0.1, 0.15) is 16.1 Å². The molecule has 0 spiro atoms. The summed E-state index contributed by atoms with van der Waals surface area (Å²) in [4.78, 5) is 39.8. The Morgan fingerprint density at radius 1 is 0.931 bits per heavy atom. The van der Waals surface area contributed by atoms with E-state index in [0.717, 1.165) is 0 Å². The van der Waals surface area contributed by atoms with Crippen molar-refractivity contribution >= 4 is 45.8 Å². The Bertz CT molecular complexity index is 1000. The highest BCUT2D eigenvalue weighted by molar-refractivity contribution is 7.14. The smallest absolute Gasteiger partial charge is 0.337 e. The van der Waals surface area contributed by atoms with E-state index in [4.69, 9.17) is 0 Å². The lowest BCUT2D eigenvalue weighted by molar-refractivity contribution is -0.115. The number of thiazole rings is 1. The maximum atomic E-state index is 12.2. The molecule has 0 bridgehead atoms. The maximum Gasteiger partial charge on any atom is 0.337 e. The van der Waals surface area contributed by atoms with Crippen molar-refractivity contribution in [1.29, 1.82) is 0 Å². The van der Waals surface area contributed by atoms with Crippen LogP contribution in [0.2, 0.25) is 0 Å². The van der Waals surface area contributed by atoms with Crippen molar-refractivity contribution in [3.05, 3.63) is 71.2 Å². The van der Waals surface area contributed by atoms with Gasteiger partial charge in [0.15, 0.2) is 5.13 Å². The molecule has 0 aliphatic carbocycles. The third-order valence-corrected chi connectivity index (χ3v) is 4.54. The lowest BCUT2D eigenvalue weighted by Crippen LogP contribution is -2.19. The van der Waals surface area contributed by atoms with Crippen LogP contribution in [-0.2, 0) is 16.0 Å². The van der Waals surface area contributed by atoms with Gasteiger partial charge in [0, 0.05) is 16.8 Å². The predicted octanol–water partition coefficient (Wildman–Crippen LogP) is 3.75. The molecule has 8 nitrogen and oxygen atoms in total. The second-order valence-electron chi connectivity index (χ2n) is 5.88. The number of aromatic nitrogens is 1. The van der Waals surface area contributed by atoms with Crippen molar-refractivity contribution < 1.29 is 19.1 Å². The molecule has 3 rings (SSSR count). The number of nitrogens with zero attached hydrogens (tertiary/aromatic N) is 1. The number of carbonyl (C=O) groups is 3. The lowest BCUT2D eigenvalue weighted by Gasteiger charge is -2.05. The van der Waals surface area contributed by atoms with Gasteiger partial charge in [-0.2, -0.15) is 0 Å². The zero-order chi connectivity index (χ0) is 20.6. The molecule has 0 radical (unpaired) electrons. The molecule has 1 aromatic heterocycles. The molecule has 0 aliphatic heterocycles. The van der Waals surface area contributed by atoms with Crippen molar-refractivity contribution in [2.75, 3.05) is 23.1 Å². The normalized spacial score (nSPS) is 10.1. The summed E-state index contributed by atoms with van der Waals surface area (Å²) in [5, 5.41) is 10.2. The SMILES string of the molecule is COC(=O)c1ccc(NC(=O)Cc2csc(NC(=O)Nc3ccccc3)n2)cc1. The van der Waals surface area contributed by atoms with E-state index in [2.05, 4.69) is 25.7 Å². The van der Waals surface area contributed by atoms with E-state index in [0.29, 0.717) is 27.8 Å². The van der Waals surface area contributed by atoms with E-state index in [-0.39, 0.29) is 12.3 Å². The van der Waals surface area contributed by atoms with Crippen LogP contribution in [-0.4, -0.2) is 30.0 Å². The monoisotopic (exact) mass is 410 g/mol. The third-order valence-electron chi connectivity index (χ3n) is 3.74. The zero-order valence-electron chi connectivity index (χ0n) is 15.5. The molecule has 0 aliphatic rings. The van der Waals surface area contributed by atoms with Crippen LogP contribution in [0, 0.1) is 0 Å². The Kier molecular flexibility index (Phi) is 6.54. The predicted molar refractivity (Wildman–Crippen MR) is 111 cm³/mol. The van der Waals surface area contributed by atoms with Gasteiger partial charge in [-0.15, -0.1) is 11.3 Å². The van der Waals surface area contributed by atoms with Gasteiger partial charge in [-0.25, -0.2) is 14.6 Å². The number of benzene rings is 2. The van der Waals surface area contributed by atoms with Crippen LogP contribution in [0.25, 0.3) is 0 Å². The van der Waals surface area contributed by atoms with Gasteiger partial charge >= 0.3 is 12.0 Å². The van der Waals surface area contributed by atoms with Crippen LogP contribution in [0.5, 0.6) is 0 Å². The minimum atomic E-state index is -0.443. The number of ether oxygens (including phenoxy) is 1. The first kappa shape index (κ1) is 20.0. The van der Waals surface area contributed by atoms with Crippen LogP contribution in [0.4, 0.5) is 21.3 Å². The molecule has 0 atom stereocenters. The number of nitrogens with one attached hydrogen (secondary N) is 3. The summed E-state index contributed by atoms with van der Waals surface area (Å²) in [7, 11) is 1.31. The second kappa shape index (κ2) is 9.47. The molecule has 0 saturated carbocycles. The maximum absolute atomic E-state index is 12.2. The summed E-state index contributed by atoms with van der Waals surface area (Å²) in [5.74, 6) is -0.705. The molecule has 0 saturated heterocycles. The molecule has 9 heteroatoms. The standard InChI is InChI=1S/C20H18N4O4S/c1-28-18(26)13-7-9-15(10-8-13)21-17(25)11-16-12-29-20(23-16)24-19(27)22-14-5-3-2-4-6-14/h2-10,12H,11H2,1H3,(H,21,25)(H2,22,23,24,27). The number of carbonyl (C=O) groups excluding carboxylic acids is 3. The average molecular weight is 410 g/mol. The summed E-state index contributed by atoms with van der Waals surface area (Å²) >= 11 is 1.23. The molecule has 0 fully saturated rings. The fourth-order valence-electron chi connectivity index (χ4n) is 2.40. The quantitative estimate of drug-likeness (QED) is 0.536. The first-order valence-electron chi connectivity index (χ1n) is 8.59. The molecule has 3 aromatic rings. The summed E-state index contributed by atoms with van der Waals surface area (Å²) in [6, 6.07) is 15.0. The minimum absolute atomic E-state index is 0.0528. The summed E-state index contributed by atoms with van der Waals surface area (Å²) in [6.45, 7) is 0. The third kappa shape index (κ3) is 5.88. The van der Waals surface area contributed by atoms with Crippen LogP contribution < -0.4 is 16.0 Å². The summed E-state index contributed by atoms with van der Waals surface area (Å²) in [5.41, 5.74) is 2.15. The van der Waals surface area contributed by atoms with E-state index < -0.39 is 12.0 Å². The van der Waals surface area contributed by atoms with Crippen LogP contribution in [0.3, 0.4) is 0 Å². The Morgan fingerprint density at radius 2 is 1.62 bits per heavy atom. The van der Waals surface area contributed by atoms with Gasteiger partial charge in [-0.1, -0.05) is 18.2 Å². The van der Waals surface area contributed by atoms with Crippen LogP contribution in [0.15, 0.2) is 60.0 Å². The Labute approximate surface area is 170 Å². The Morgan fingerprint density at radius 3 is 2.31 bits per heavy atom. The van der Waals surface area contributed by atoms with E-state index >= 15 is 0 Å². The molecule has 29 heavy (non-hydrogen) atoms. The van der Waals surface area contributed by atoms with Gasteiger partial charge < -0.3 is 15.4 Å². The molecule has 2 aromatic carbocycles. The lowest BCUT2D eigenvalue weighted by atomic mass is 10.2. The molecular weight excluding hydrogens is 392 g/mol. The molecule has 148 valence electrons. The number of anilines is 3.